The summed E-state index contributed by atoms with van der Waals surface area (Å²) < 4.78 is 49.6. The second-order valence-corrected chi connectivity index (χ2v) is 6.17. The van der Waals surface area contributed by atoms with E-state index in [2.05, 4.69) is 15.8 Å². The highest BCUT2D eigenvalue weighted by atomic mass is 32.1. The highest BCUT2D eigenvalue weighted by Crippen LogP contribution is 2.34. The number of rotatable bonds is 6. The molecule has 2 rings (SSSR count). The number of methoxy groups -OCH3 is 2. The molecule has 5 nitrogen and oxygen atoms in total. The maximum absolute atomic E-state index is 13.0. The standard InChI is InChI=1S/C19H20F3N3O2S/c1-12(13-8-9-17(27-3)14(10-13)11-26-2)24-25-18(28)23-16-7-5-4-6-15(16)19(20,21)22/h4-10H,11H2,1-3H3,(H2,23,25,28)/b24-12-. The Balaban J connectivity index is 2.12. The van der Waals surface area contributed by atoms with Crippen LogP contribution in [-0.2, 0) is 17.5 Å². The van der Waals surface area contributed by atoms with Crippen LogP contribution in [0.3, 0.4) is 0 Å². The van der Waals surface area contributed by atoms with Crippen molar-refractivity contribution in [3.63, 3.8) is 0 Å². The number of nitrogens with zero attached hydrogens (tertiary/aromatic N) is 1. The van der Waals surface area contributed by atoms with Gasteiger partial charge in [-0.3, -0.25) is 5.43 Å². The average molecular weight is 411 g/mol. The van der Waals surface area contributed by atoms with Gasteiger partial charge in [0.25, 0.3) is 0 Å². The van der Waals surface area contributed by atoms with Crippen molar-refractivity contribution in [2.24, 2.45) is 5.10 Å². The molecular formula is C19H20F3N3O2S. The van der Waals surface area contributed by atoms with E-state index >= 15 is 0 Å². The molecule has 2 aromatic carbocycles. The van der Waals surface area contributed by atoms with E-state index < -0.39 is 11.7 Å². The number of nitrogens with one attached hydrogen (secondary N) is 2. The molecule has 0 aromatic heterocycles. The summed E-state index contributed by atoms with van der Waals surface area (Å²) in [6.07, 6.45) is -4.49. The summed E-state index contributed by atoms with van der Waals surface area (Å²) in [4.78, 5) is 0. The molecule has 0 aliphatic rings. The number of alkyl halides is 3. The molecule has 0 amide bonds. The maximum Gasteiger partial charge on any atom is 0.418 e. The predicted molar refractivity (Wildman–Crippen MR) is 107 cm³/mol. The summed E-state index contributed by atoms with van der Waals surface area (Å²) in [5.41, 5.74) is 3.84. The zero-order valence-electron chi connectivity index (χ0n) is 15.6. The van der Waals surface area contributed by atoms with Gasteiger partial charge in [-0.25, -0.2) is 0 Å². The molecule has 0 heterocycles. The van der Waals surface area contributed by atoms with Crippen LogP contribution in [0.4, 0.5) is 18.9 Å². The van der Waals surface area contributed by atoms with Crippen molar-refractivity contribution in [2.45, 2.75) is 19.7 Å². The number of thiocarbonyl (C=S) groups is 1. The largest absolute Gasteiger partial charge is 0.496 e. The fourth-order valence-electron chi connectivity index (χ4n) is 2.46. The first kappa shape index (κ1) is 21.6. The molecule has 0 bridgehead atoms. The third kappa shape index (κ3) is 5.67. The molecule has 2 N–H and O–H groups in total. The van der Waals surface area contributed by atoms with Crippen LogP contribution in [0.25, 0.3) is 0 Å². The molecule has 0 spiro atoms. The fraction of sp³-hybridized carbons (Fsp3) is 0.263. The summed E-state index contributed by atoms with van der Waals surface area (Å²) in [6, 6.07) is 10.5. The van der Waals surface area contributed by atoms with Crippen molar-refractivity contribution < 1.29 is 22.6 Å². The van der Waals surface area contributed by atoms with Crippen molar-refractivity contribution in [1.29, 1.82) is 0 Å². The van der Waals surface area contributed by atoms with E-state index in [1.165, 1.54) is 18.2 Å². The fourth-order valence-corrected chi connectivity index (χ4v) is 2.62. The molecule has 0 saturated carbocycles. The zero-order chi connectivity index (χ0) is 20.7. The van der Waals surface area contributed by atoms with Crippen molar-refractivity contribution >= 4 is 28.7 Å². The highest BCUT2D eigenvalue weighted by Gasteiger charge is 2.33. The van der Waals surface area contributed by atoms with Gasteiger partial charge in [0.15, 0.2) is 5.11 Å². The summed E-state index contributed by atoms with van der Waals surface area (Å²) >= 11 is 5.06. The number of hydrazone groups is 1. The van der Waals surface area contributed by atoms with Crippen molar-refractivity contribution in [3.8, 4) is 5.75 Å². The van der Waals surface area contributed by atoms with Gasteiger partial charge < -0.3 is 14.8 Å². The second kappa shape index (κ2) is 9.52. The van der Waals surface area contributed by atoms with Crippen molar-refractivity contribution in [2.75, 3.05) is 19.5 Å². The minimum atomic E-state index is -4.49. The molecule has 0 aliphatic carbocycles. The van der Waals surface area contributed by atoms with E-state index in [1.54, 1.807) is 27.2 Å². The molecule has 0 radical (unpaired) electrons. The first-order valence-corrected chi connectivity index (χ1v) is 8.60. The number of para-hydroxylation sites is 1. The highest BCUT2D eigenvalue weighted by molar-refractivity contribution is 7.80. The topological polar surface area (TPSA) is 54.9 Å². The Labute approximate surface area is 166 Å². The monoisotopic (exact) mass is 411 g/mol. The van der Waals surface area contributed by atoms with Gasteiger partial charge in [-0.2, -0.15) is 18.3 Å². The molecule has 150 valence electrons. The van der Waals surface area contributed by atoms with Crippen LogP contribution in [0, 0.1) is 0 Å². The molecule has 28 heavy (non-hydrogen) atoms. The number of anilines is 1. The van der Waals surface area contributed by atoms with E-state index in [9.17, 15) is 13.2 Å². The van der Waals surface area contributed by atoms with Gasteiger partial charge in [-0.1, -0.05) is 12.1 Å². The maximum atomic E-state index is 13.0. The Morgan fingerprint density at radius 2 is 1.86 bits per heavy atom. The summed E-state index contributed by atoms with van der Waals surface area (Å²) in [6.45, 7) is 2.11. The van der Waals surface area contributed by atoms with Crippen LogP contribution in [0.15, 0.2) is 47.6 Å². The Hall–Kier alpha value is -2.65. The second-order valence-electron chi connectivity index (χ2n) is 5.77. The lowest BCUT2D eigenvalue weighted by Gasteiger charge is -2.14. The van der Waals surface area contributed by atoms with Gasteiger partial charge in [0, 0.05) is 12.7 Å². The van der Waals surface area contributed by atoms with Gasteiger partial charge in [0.2, 0.25) is 0 Å². The van der Waals surface area contributed by atoms with Crippen LogP contribution < -0.4 is 15.5 Å². The molecule has 9 heteroatoms. The molecular weight excluding hydrogens is 391 g/mol. The van der Waals surface area contributed by atoms with Crippen molar-refractivity contribution in [1.82, 2.24) is 5.43 Å². The minimum Gasteiger partial charge on any atom is -0.496 e. The summed E-state index contributed by atoms with van der Waals surface area (Å²) in [5.74, 6) is 0.687. The first-order chi connectivity index (χ1) is 13.3. The molecule has 0 unspecified atom stereocenters. The Bertz CT molecular complexity index is 870. The van der Waals surface area contributed by atoms with E-state index in [0.29, 0.717) is 18.1 Å². The van der Waals surface area contributed by atoms with Gasteiger partial charge in [0.05, 0.1) is 30.7 Å². The lowest BCUT2D eigenvalue weighted by Crippen LogP contribution is -2.26. The van der Waals surface area contributed by atoms with Gasteiger partial charge in [0.1, 0.15) is 5.75 Å². The number of benzene rings is 2. The molecule has 0 atom stereocenters. The zero-order valence-corrected chi connectivity index (χ0v) is 16.4. The molecule has 2 aromatic rings. The van der Waals surface area contributed by atoms with E-state index in [1.807, 2.05) is 12.1 Å². The first-order valence-electron chi connectivity index (χ1n) is 8.20. The Morgan fingerprint density at radius 1 is 1.14 bits per heavy atom. The van der Waals surface area contributed by atoms with Crippen molar-refractivity contribution in [3.05, 3.63) is 59.2 Å². The van der Waals surface area contributed by atoms with E-state index in [-0.39, 0.29) is 10.8 Å². The number of hydrogen-bond acceptors (Lipinski definition) is 4. The third-order valence-electron chi connectivity index (χ3n) is 3.80. The lowest BCUT2D eigenvalue weighted by molar-refractivity contribution is -0.136. The molecule has 0 fully saturated rings. The quantitative estimate of drug-likeness (QED) is 0.414. The number of ether oxygens (including phenoxy) is 2. The average Bonchev–Trinajstić information content (AvgIpc) is 2.66. The predicted octanol–water partition coefficient (Wildman–Crippen LogP) is 4.57. The van der Waals surface area contributed by atoms with Gasteiger partial charge in [-0.15, -0.1) is 0 Å². The number of halogens is 3. The third-order valence-corrected chi connectivity index (χ3v) is 4.00. The van der Waals surface area contributed by atoms with Gasteiger partial charge >= 0.3 is 6.18 Å². The normalized spacial score (nSPS) is 11.9. The minimum absolute atomic E-state index is 0.0540. The summed E-state index contributed by atoms with van der Waals surface area (Å²) in [5, 5.41) is 6.61. The lowest BCUT2D eigenvalue weighted by atomic mass is 10.1. The van der Waals surface area contributed by atoms with Crippen LogP contribution in [-0.4, -0.2) is 25.0 Å². The molecule has 0 aliphatic heterocycles. The van der Waals surface area contributed by atoms with Gasteiger partial charge in [-0.05, 0) is 55.0 Å². The number of hydrogen-bond donors (Lipinski definition) is 2. The van der Waals surface area contributed by atoms with E-state index in [4.69, 9.17) is 21.7 Å². The smallest absolute Gasteiger partial charge is 0.418 e. The van der Waals surface area contributed by atoms with E-state index in [0.717, 1.165) is 17.2 Å². The van der Waals surface area contributed by atoms with Crippen LogP contribution in [0.1, 0.15) is 23.6 Å². The Morgan fingerprint density at radius 3 is 2.50 bits per heavy atom. The Kier molecular flexibility index (Phi) is 7.36. The van der Waals surface area contributed by atoms with Crippen LogP contribution in [0.2, 0.25) is 0 Å². The molecule has 0 saturated heterocycles. The van der Waals surface area contributed by atoms with Crippen LogP contribution >= 0.6 is 12.2 Å². The van der Waals surface area contributed by atoms with Crippen LogP contribution in [0.5, 0.6) is 5.75 Å². The summed E-state index contributed by atoms with van der Waals surface area (Å²) in [7, 11) is 3.15. The SMILES string of the molecule is COCc1cc(/C(C)=N\NC(=S)Nc2ccccc2C(F)(F)F)ccc1OC.